The molecule has 1 amide bonds. The molecule has 3 rings (SSSR count). The van der Waals surface area contributed by atoms with E-state index in [1.54, 1.807) is 6.20 Å². The number of hydrogen-bond acceptors (Lipinski definition) is 2. The van der Waals surface area contributed by atoms with Crippen LogP contribution in [-0.4, -0.2) is 28.1 Å². The zero-order valence-corrected chi connectivity index (χ0v) is 13.8. The van der Waals surface area contributed by atoms with Gasteiger partial charge in [-0.15, -0.1) is 0 Å². The minimum Gasteiger partial charge on any atom is -0.388 e. The normalized spacial score (nSPS) is 16.9. The number of aromatic nitrogens is 1. The lowest BCUT2D eigenvalue weighted by molar-refractivity contribution is -0.0300. The first-order chi connectivity index (χ1) is 9.48. The highest BCUT2D eigenvalue weighted by Gasteiger charge is 2.34. The van der Waals surface area contributed by atoms with Crippen molar-refractivity contribution in [2.75, 3.05) is 6.54 Å². The zero-order chi connectivity index (χ0) is 14.3. The number of H-pyrrole nitrogens is 1. The van der Waals surface area contributed by atoms with E-state index in [9.17, 15) is 9.90 Å². The zero-order valence-electron chi connectivity index (χ0n) is 10.7. The van der Waals surface area contributed by atoms with Gasteiger partial charge in [-0.05, 0) is 63.3 Å². The summed E-state index contributed by atoms with van der Waals surface area (Å²) in [7, 11) is 0. The van der Waals surface area contributed by atoms with E-state index < -0.39 is 5.60 Å². The molecule has 106 valence electrons. The number of fused-ring (bicyclic) bond motifs is 1. The summed E-state index contributed by atoms with van der Waals surface area (Å²) in [6.07, 6.45) is 4.25. The van der Waals surface area contributed by atoms with E-state index >= 15 is 0 Å². The highest BCUT2D eigenvalue weighted by molar-refractivity contribution is 9.13. The molecule has 3 N–H and O–H groups in total. The molecule has 1 saturated carbocycles. The van der Waals surface area contributed by atoms with Gasteiger partial charge in [-0.25, -0.2) is 0 Å². The molecule has 1 heterocycles. The second kappa shape index (κ2) is 5.16. The maximum Gasteiger partial charge on any atom is 0.253 e. The summed E-state index contributed by atoms with van der Waals surface area (Å²) in [4.78, 5) is 15.3. The van der Waals surface area contributed by atoms with E-state index in [-0.39, 0.29) is 5.91 Å². The summed E-state index contributed by atoms with van der Waals surface area (Å²) in [6.45, 7) is 0.316. The van der Waals surface area contributed by atoms with Gasteiger partial charge in [0.2, 0.25) is 0 Å². The second-order valence-electron chi connectivity index (χ2n) is 5.27. The van der Waals surface area contributed by atoms with E-state index in [4.69, 9.17) is 0 Å². The molecule has 1 aliphatic rings. The molecule has 1 aliphatic carbocycles. The number of aromatic amines is 1. The molecule has 0 atom stereocenters. The molecule has 6 heteroatoms. The number of amides is 1. The van der Waals surface area contributed by atoms with Gasteiger partial charge in [-0.3, -0.25) is 4.79 Å². The first kappa shape index (κ1) is 14.1. The van der Waals surface area contributed by atoms with Crippen LogP contribution in [0.25, 0.3) is 10.9 Å². The molecule has 0 aliphatic heterocycles. The fourth-order valence-corrected chi connectivity index (χ4v) is 3.09. The van der Waals surface area contributed by atoms with Crippen molar-refractivity contribution in [3.05, 3.63) is 32.8 Å². The van der Waals surface area contributed by atoms with Gasteiger partial charge in [-0.1, -0.05) is 0 Å². The highest BCUT2D eigenvalue weighted by atomic mass is 79.9. The molecule has 4 nitrogen and oxygen atoms in total. The fraction of sp³-hybridized carbons (Fsp3) is 0.357. The van der Waals surface area contributed by atoms with E-state index in [0.717, 1.165) is 39.1 Å². The SMILES string of the molecule is O=C(NCC1(O)CCC1)c1c[nH]c2cc(Br)c(Br)cc12. The Morgan fingerprint density at radius 2 is 2.05 bits per heavy atom. The van der Waals surface area contributed by atoms with Crippen molar-refractivity contribution >= 4 is 48.7 Å². The Balaban J connectivity index is 1.82. The Morgan fingerprint density at radius 3 is 2.70 bits per heavy atom. The molecular formula is C14H14Br2N2O2. The molecular weight excluding hydrogens is 388 g/mol. The van der Waals surface area contributed by atoms with Gasteiger partial charge in [-0.2, -0.15) is 0 Å². The van der Waals surface area contributed by atoms with E-state index in [1.165, 1.54) is 0 Å². The first-order valence-electron chi connectivity index (χ1n) is 6.45. The van der Waals surface area contributed by atoms with Gasteiger partial charge < -0.3 is 15.4 Å². The van der Waals surface area contributed by atoms with Crippen LogP contribution in [0.3, 0.4) is 0 Å². The minimum absolute atomic E-state index is 0.161. The van der Waals surface area contributed by atoms with Gasteiger partial charge in [0.1, 0.15) is 0 Å². The van der Waals surface area contributed by atoms with Crippen molar-refractivity contribution in [1.29, 1.82) is 0 Å². The van der Waals surface area contributed by atoms with Crippen LogP contribution in [0.1, 0.15) is 29.6 Å². The number of hydrogen-bond donors (Lipinski definition) is 3. The summed E-state index contributed by atoms with van der Waals surface area (Å²) in [5, 5.41) is 13.7. The van der Waals surface area contributed by atoms with Crippen LogP contribution in [0.15, 0.2) is 27.3 Å². The first-order valence-corrected chi connectivity index (χ1v) is 8.04. The molecule has 0 radical (unpaired) electrons. The van der Waals surface area contributed by atoms with Crippen LogP contribution < -0.4 is 5.32 Å². The molecule has 1 fully saturated rings. The largest absolute Gasteiger partial charge is 0.388 e. The van der Waals surface area contributed by atoms with Crippen LogP contribution in [0.5, 0.6) is 0 Å². The second-order valence-corrected chi connectivity index (χ2v) is 6.98. The van der Waals surface area contributed by atoms with Gasteiger partial charge in [0.05, 0.1) is 11.2 Å². The smallest absolute Gasteiger partial charge is 0.253 e. The van der Waals surface area contributed by atoms with Gasteiger partial charge in [0, 0.05) is 32.6 Å². The van der Waals surface area contributed by atoms with Gasteiger partial charge in [0.15, 0.2) is 0 Å². The van der Waals surface area contributed by atoms with Gasteiger partial charge in [0.25, 0.3) is 5.91 Å². The van der Waals surface area contributed by atoms with Crippen molar-refractivity contribution < 1.29 is 9.90 Å². The highest BCUT2D eigenvalue weighted by Crippen LogP contribution is 2.32. The molecule has 2 aromatic rings. The maximum absolute atomic E-state index is 12.2. The van der Waals surface area contributed by atoms with Crippen LogP contribution in [0.4, 0.5) is 0 Å². The van der Waals surface area contributed by atoms with E-state index in [1.807, 2.05) is 12.1 Å². The van der Waals surface area contributed by atoms with Crippen molar-refractivity contribution in [2.24, 2.45) is 0 Å². The predicted molar refractivity (Wildman–Crippen MR) is 84.8 cm³/mol. The third kappa shape index (κ3) is 2.52. The lowest BCUT2D eigenvalue weighted by atomic mass is 9.80. The van der Waals surface area contributed by atoms with Crippen molar-refractivity contribution in [1.82, 2.24) is 10.3 Å². The molecule has 1 aromatic carbocycles. The number of halogens is 2. The standard InChI is InChI=1S/C14H14Br2N2O2/c15-10-4-8-9(6-17-12(8)5-11(10)16)13(19)18-7-14(20)2-1-3-14/h4-6,17,20H,1-3,7H2,(H,18,19). The average molecular weight is 402 g/mol. The van der Waals surface area contributed by atoms with Crippen LogP contribution in [0, 0.1) is 0 Å². The molecule has 0 spiro atoms. The quantitative estimate of drug-likeness (QED) is 0.738. The van der Waals surface area contributed by atoms with E-state index in [0.29, 0.717) is 12.1 Å². The Hall–Kier alpha value is -0.850. The number of rotatable bonds is 3. The topological polar surface area (TPSA) is 65.1 Å². The Kier molecular flexibility index (Phi) is 3.64. The summed E-state index contributed by atoms with van der Waals surface area (Å²) >= 11 is 6.88. The predicted octanol–water partition coefficient (Wildman–Crippen LogP) is 3.34. The van der Waals surface area contributed by atoms with Crippen molar-refractivity contribution in [2.45, 2.75) is 24.9 Å². The number of aliphatic hydroxyl groups is 1. The lowest BCUT2D eigenvalue weighted by Gasteiger charge is -2.36. The minimum atomic E-state index is -0.703. The monoisotopic (exact) mass is 400 g/mol. The molecule has 1 aromatic heterocycles. The Labute approximate surface area is 133 Å². The Morgan fingerprint density at radius 1 is 1.35 bits per heavy atom. The van der Waals surface area contributed by atoms with Crippen molar-refractivity contribution in [3.8, 4) is 0 Å². The molecule has 0 saturated heterocycles. The summed E-state index contributed by atoms with van der Waals surface area (Å²) in [5.41, 5.74) is 0.787. The number of carbonyl (C=O) groups is 1. The number of benzene rings is 1. The summed E-state index contributed by atoms with van der Waals surface area (Å²) in [5.74, 6) is -0.161. The maximum atomic E-state index is 12.2. The number of carbonyl (C=O) groups excluding carboxylic acids is 1. The summed E-state index contributed by atoms with van der Waals surface area (Å²) in [6, 6.07) is 3.83. The molecule has 0 unspecified atom stereocenters. The third-order valence-electron chi connectivity index (χ3n) is 3.83. The average Bonchev–Trinajstić information content (AvgIpc) is 2.77. The number of nitrogens with one attached hydrogen (secondary N) is 2. The van der Waals surface area contributed by atoms with Crippen LogP contribution in [-0.2, 0) is 0 Å². The van der Waals surface area contributed by atoms with Gasteiger partial charge >= 0.3 is 0 Å². The van der Waals surface area contributed by atoms with E-state index in [2.05, 4.69) is 42.2 Å². The third-order valence-corrected chi connectivity index (χ3v) is 5.67. The Bertz CT molecular complexity index is 677. The molecule has 0 bridgehead atoms. The molecule has 20 heavy (non-hydrogen) atoms. The lowest BCUT2D eigenvalue weighted by Crippen LogP contribution is -2.47. The van der Waals surface area contributed by atoms with Crippen LogP contribution >= 0.6 is 31.9 Å². The van der Waals surface area contributed by atoms with Crippen LogP contribution in [0.2, 0.25) is 0 Å². The van der Waals surface area contributed by atoms with Crippen molar-refractivity contribution in [3.63, 3.8) is 0 Å². The fourth-order valence-electron chi connectivity index (χ4n) is 2.41. The summed E-state index contributed by atoms with van der Waals surface area (Å²) < 4.78 is 1.83.